The first kappa shape index (κ1) is 16.6. The fourth-order valence-corrected chi connectivity index (χ4v) is 3.11. The van der Waals surface area contributed by atoms with E-state index in [9.17, 15) is 14.4 Å². The van der Waals surface area contributed by atoms with Gasteiger partial charge in [0.1, 0.15) is 17.7 Å². The van der Waals surface area contributed by atoms with Crippen LogP contribution in [0.1, 0.15) is 46.5 Å². The zero-order chi connectivity index (χ0) is 16.5. The second kappa shape index (κ2) is 6.14. The van der Waals surface area contributed by atoms with Gasteiger partial charge in [-0.05, 0) is 46.5 Å². The summed E-state index contributed by atoms with van der Waals surface area (Å²) >= 11 is 0. The summed E-state index contributed by atoms with van der Waals surface area (Å²) < 4.78 is 9.95. The predicted octanol–water partition coefficient (Wildman–Crippen LogP) is 1.21. The van der Waals surface area contributed by atoms with E-state index >= 15 is 0 Å². The van der Waals surface area contributed by atoms with Crippen LogP contribution in [-0.4, -0.2) is 53.7 Å². The Bertz CT molecular complexity index is 471. The topological polar surface area (TPSA) is 84.9 Å². The lowest BCUT2D eigenvalue weighted by molar-refractivity contribution is -0.154. The van der Waals surface area contributed by atoms with Crippen LogP contribution >= 0.6 is 0 Å². The van der Waals surface area contributed by atoms with Crippen LogP contribution in [0, 0.1) is 0 Å². The number of ether oxygens (including phenoxy) is 2. The van der Waals surface area contributed by atoms with Crippen LogP contribution < -0.4 is 5.32 Å². The van der Waals surface area contributed by atoms with Gasteiger partial charge in [0.25, 0.3) is 0 Å². The van der Waals surface area contributed by atoms with E-state index in [1.54, 1.807) is 25.7 Å². The normalized spacial score (nSPS) is 28.1. The SMILES string of the molecule is COC(=O)[C@@H]1CCC2CCC(NC(=O)OC(C)(C)C)C(=O)N21. The molecule has 0 aliphatic carbocycles. The Balaban J connectivity index is 2.03. The van der Waals surface area contributed by atoms with E-state index in [4.69, 9.17) is 9.47 Å². The zero-order valence-electron chi connectivity index (χ0n) is 13.5. The van der Waals surface area contributed by atoms with Crippen LogP contribution in [0.15, 0.2) is 0 Å². The van der Waals surface area contributed by atoms with Crippen molar-refractivity contribution < 1.29 is 23.9 Å². The minimum Gasteiger partial charge on any atom is -0.467 e. The molecule has 2 saturated heterocycles. The molecule has 2 aliphatic heterocycles. The van der Waals surface area contributed by atoms with Crippen LogP contribution in [0.4, 0.5) is 4.79 Å². The van der Waals surface area contributed by atoms with Gasteiger partial charge in [0.05, 0.1) is 7.11 Å². The van der Waals surface area contributed by atoms with Crippen molar-refractivity contribution in [3.05, 3.63) is 0 Å². The third kappa shape index (κ3) is 3.51. The number of esters is 1. The van der Waals surface area contributed by atoms with Gasteiger partial charge >= 0.3 is 12.1 Å². The van der Waals surface area contributed by atoms with Crippen molar-refractivity contribution in [3.8, 4) is 0 Å². The lowest BCUT2D eigenvalue weighted by atomic mass is 9.98. The molecule has 0 aromatic carbocycles. The number of alkyl carbamates (subject to hydrolysis) is 1. The van der Waals surface area contributed by atoms with Crippen molar-refractivity contribution in [2.45, 2.75) is 70.2 Å². The molecule has 2 amide bonds. The summed E-state index contributed by atoms with van der Waals surface area (Å²) in [5.74, 6) is -0.622. The quantitative estimate of drug-likeness (QED) is 0.775. The molecular weight excluding hydrogens is 288 g/mol. The van der Waals surface area contributed by atoms with Crippen molar-refractivity contribution in [3.63, 3.8) is 0 Å². The number of amides is 2. The van der Waals surface area contributed by atoms with Crippen molar-refractivity contribution in [2.24, 2.45) is 0 Å². The maximum atomic E-state index is 12.6. The van der Waals surface area contributed by atoms with E-state index < -0.39 is 29.7 Å². The smallest absolute Gasteiger partial charge is 0.408 e. The van der Waals surface area contributed by atoms with Crippen LogP contribution in [0.5, 0.6) is 0 Å². The van der Waals surface area contributed by atoms with E-state index in [2.05, 4.69) is 5.32 Å². The second-order valence-electron chi connectivity index (χ2n) is 6.79. The van der Waals surface area contributed by atoms with Gasteiger partial charge in [-0.15, -0.1) is 0 Å². The molecule has 0 saturated carbocycles. The second-order valence-corrected chi connectivity index (χ2v) is 6.79. The Morgan fingerprint density at radius 2 is 1.82 bits per heavy atom. The summed E-state index contributed by atoms with van der Waals surface area (Å²) in [5.41, 5.74) is -0.619. The summed E-state index contributed by atoms with van der Waals surface area (Å²) in [7, 11) is 1.32. The number of fused-ring (bicyclic) bond motifs is 1. The molecule has 7 heteroatoms. The number of piperidine rings is 1. The fourth-order valence-electron chi connectivity index (χ4n) is 3.11. The van der Waals surface area contributed by atoms with E-state index in [0.717, 1.165) is 12.8 Å². The standard InChI is InChI=1S/C15H24N2O5/c1-15(2,3)22-14(20)16-10-7-5-9-6-8-11(13(19)21-4)17(9)12(10)18/h9-11H,5-8H2,1-4H3,(H,16,20)/t9?,10?,11-/m0/s1. The van der Waals surface area contributed by atoms with Crippen molar-refractivity contribution in [1.29, 1.82) is 0 Å². The Hall–Kier alpha value is -1.79. The van der Waals surface area contributed by atoms with Gasteiger partial charge < -0.3 is 19.7 Å². The molecule has 0 spiro atoms. The number of hydrogen-bond donors (Lipinski definition) is 1. The maximum Gasteiger partial charge on any atom is 0.408 e. The molecule has 22 heavy (non-hydrogen) atoms. The number of nitrogens with zero attached hydrogens (tertiary/aromatic N) is 1. The van der Waals surface area contributed by atoms with Gasteiger partial charge in [0.2, 0.25) is 5.91 Å². The molecule has 0 bridgehead atoms. The van der Waals surface area contributed by atoms with E-state index in [1.807, 2.05) is 0 Å². The van der Waals surface area contributed by atoms with Crippen molar-refractivity contribution in [1.82, 2.24) is 10.2 Å². The number of rotatable bonds is 2. The summed E-state index contributed by atoms with van der Waals surface area (Å²) in [5, 5.41) is 2.61. The molecule has 2 unspecified atom stereocenters. The molecule has 0 aromatic rings. The van der Waals surface area contributed by atoms with Gasteiger partial charge in [-0.2, -0.15) is 0 Å². The minimum atomic E-state index is -0.642. The molecule has 7 nitrogen and oxygen atoms in total. The van der Waals surface area contributed by atoms with Crippen molar-refractivity contribution >= 4 is 18.0 Å². The van der Waals surface area contributed by atoms with Crippen LogP contribution in [0.3, 0.4) is 0 Å². The Morgan fingerprint density at radius 1 is 1.18 bits per heavy atom. The first-order valence-corrected chi connectivity index (χ1v) is 7.62. The summed E-state index contributed by atoms with van der Waals surface area (Å²) in [6.45, 7) is 5.29. The molecule has 3 atom stereocenters. The largest absolute Gasteiger partial charge is 0.467 e. The molecule has 2 aliphatic rings. The Morgan fingerprint density at radius 3 is 2.41 bits per heavy atom. The molecule has 1 N–H and O–H groups in total. The van der Waals surface area contributed by atoms with Gasteiger partial charge in [-0.1, -0.05) is 0 Å². The summed E-state index contributed by atoms with van der Waals surface area (Å²) in [4.78, 5) is 37.8. The summed E-state index contributed by atoms with van der Waals surface area (Å²) in [6.07, 6.45) is 2.12. The van der Waals surface area contributed by atoms with E-state index in [-0.39, 0.29) is 11.9 Å². The number of methoxy groups -OCH3 is 1. The number of hydrogen-bond acceptors (Lipinski definition) is 5. The van der Waals surface area contributed by atoms with E-state index in [1.165, 1.54) is 7.11 Å². The molecule has 2 fully saturated rings. The van der Waals surface area contributed by atoms with Gasteiger partial charge in [0, 0.05) is 6.04 Å². The minimum absolute atomic E-state index is 0.0632. The zero-order valence-corrected chi connectivity index (χ0v) is 13.5. The third-order valence-corrected chi connectivity index (χ3v) is 4.01. The molecule has 124 valence electrons. The average molecular weight is 312 g/mol. The Labute approximate surface area is 130 Å². The Kier molecular flexibility index (Phi) is 4.63. The van der Waals surface area contributed by atoms with Crippen LogP contribution in [0.25, 0.3) is 0 Å². The monoisotopic (exact) mass is 312 g/mol. The molecule has 0 radical (unpaired) electrons. The first-order chi connectivity index (χ1) is 10.2. The average Bonchev–Trinajstić information content (AvgIpc) is 2.83. The number of carbonyl (C=O) groups is 3. The van der Waals surface area contributed by atoms with Gasteiger partial charge in [-0.3, -0.25) is 4.79 Å². The summed E-state index contributed by atoms with van der Waals surface area (Å²) in [6, 6.07) is -1.12. The number of carbonyl (C=O) groups excluding carboxylic acids is 3. The highest BCUT2D eigenvalue weighted by atomic mass is 16.6. The maximum absolute atomic E-state index is 12.6. The third-order valence-electron chi connectivity index (χ3n) is 4.01. The first-order valence-electron chi connectivity index (χ1n) is 7.62. The predicted molar refractivity (Wildman–Crippen MR) is 78.1 cm³/mol. The lowest BCUT2D eigenvalue weighted by Crippen LogP contribution is -2.58. The van der Waals surface area contributed by atoms with Crippen LogP contribution in [-0.2, 0) is 19.1 Å². The molecule has 0 aromatic heterocycles. The highest BCUT2D eigenvalue weighted by Gasteiger charge is 2.47. The van der Waals surface area contributed by atoms with Gasteiger partial charge in [0.15, 0.2) is 0 Å². The van der Waals surface area contributed by atoms with Crippen molar-refractivity contribution in [2.75, 3.05) is 7.11 Å². The molecule has 2 heterocycles. The number of nitrogens with one attached hydrogen (secondary N) is 1. The molecular formula is C15H24N2O5. The highest BCUT2D eigenvalue weighted by molar-refractivity contribution is 5.91. The fraction of sp³-hybridized carbons (Fsp3) is 0.800. The van der Waals surface area contributed by atoms with E-state index in [0.29, 0.717) is 12.8 Å². The molecule has 2 rings (SSSR count). The highest BCUT2D eigenvalue weighted by Crippen LogP contribution is 2.33. The lowest BCUT2D eigenvalue weighted by Gasteiger charge is -2.37. The van der Waals surface area contributed by atoms with Crippen LogP contribution in [0.2, 0.25) is 0 Å². The van der Waals surface area contributed by atoms with Gasteiger partial charge in [-0.25, -0.2) is 9.59 Å².